The molecule has 154 valence electrons. The van der Waals surface area contributed by atoms with Crippen LogP contribution in [-0.2, 0) is 0 Å². The topological polar surface area (TPSA) is 12.9 Å². The van der Waals surface area contributed by atoms with Gasteiger partial charge in [0.15, 0.2) is 0 Å². The normalized spacial score (nSPS) is 10.8. The summed E-state index contributed by atoms with van der Waals surface area (Å²) >= 11 is 1.47. The average Bonchev–Trinajstić information content (AvgIpc) is 2.84. The van der Waals surface area contributed by atoms with Crippen LogP contribution in [0.4, 0.5) is 4.39 Å². The quantitative estimate of drug-likeness (QED) is 0.260. The van der Waals surface area contributed by atoms with E-state index in [0.717, 1.165) is 27.2 Å². The van der Waals surface area contributed by atoms with Crippen LogP contribution in [0.5, 0.6) is 0 Å². The predicted molar refractivity (Wildman–Crippen MR) is 132 cm³/mol. The molecule has 4 aromatic carbocycles. The SMILES string of the molecule is Fc1cc(Sc2cccc(C=C(c3ccccc3)c3ccccc3)c2)nc2ccccc12. The molecule has 0 aliphatic carbocycles. The Morgan fingerprint density at radius 3 is 2.06 bits per heavy atom. The summed E-state index contributed by atoms with van der Waals surface area (Å²) in [5.41, 5.74) is 5.23. The summed E-state index contributed by atoms with van der Waals surface area (Å²) in [5.74, 6) is -0.246. The molecule has 0 atom stereocenters. The summed E-state index contributed by atoms with van der Waals surface area (Å²) in [7, 11) is 0. The molecule has 0 N–H and O–H groups in total. The van der Waals surface area contributed by atoms with E-state index in [1.165, 1.54) is 17.8 Å². The smallest absolute Gasteiger partial charge is 0.135 e. The summed E-state index contributed by atoms with van der Waals surface area (Å²) in [5, 5.41) is 1.19. The molecule has 0 spiro atoms. The number of hydrogen-bond donors (Lipinski definition) is 0. The van der Waals surface area contributed by atoms with Crippen molar-refractivity contribution in [1.29, 1.82) is 0 Å². The van der Waals surface area contributed by atoms with Gasteiger partial charge in [0.25, 0.3) is 0 Å². The van der Waals surface area contributed by atoms with Crippen LogP contribution in [0.15, 0.2) is 125 Å². The maximum atomic E-state index is 14.5. The Bertz CT molecular complexity index is 1350. The fourth-order valence-electron chi connectivity index (χ4n) is 3.69. The van der Waals surface area contributed by atoms with Crippen molar-refractivity contribution >= 4 is 34.3 Å². The Labute approximate surface area is 191 Å². The Morgan fingerprint density at radius 2 is 1.34 bits per heavy atom. The number of para-hydroxylation sites is 1. The van der Waals surface area contributed by atoms with Crippen molar-refractivity contribution < 1.29 is 4.39 Å². The molecule has 1 aromatic heterocycles. The van der Waals surface area contributed by atoms with Gasteiger partial charge in [0.05, 0.1) is 5.52 Å². The lowest BCUT2D eigenvalue weighted by atomic mass is 9.96. The highest BCUT2D eigenvalue weighted by atomic mass is 32.2. The van der Waals surface area contributed by atoms with Gasteiger partial charge in [-0.2, -0.15) is 0 Å². The van der Waals surface area contributed by atoms with Crippen LogP contribution in [0.2, 0.25) is 0 Å². The minimum atomic E-state index is -0.246. The summed E-state index contributed by atoms with van der Waals surface area (Å²) in [6, 6.07) is 37.8. The molecule has 5 rings (SSSR count). The van der Waals surface area contributed by atoms with Gasteiger partial charge >= 0.3 is 0 Å². The highest BCUT2D eigenvalue weighted by Crippen LogP contribution is 2.31. The van der Waals surface area contributed by atoms with E-state index in [1.807, 2.05) is 42.5 Å². The first-order valence-electron chi connectivity index (χ1n) is 10.4. The molecular formula is C29H20FNS. The van der Waals surface area contributed by atoms with Gasteiger partial charge in [0.2, 0.25) is 0 Å². The summed E-state index contributed by atoms with van der Waals surface area (Å²) in [6.45, 7) is 0. The fourth-order valence-corrected chi connectivity index (χ4v) is 4.58. The molecule has 3 heteroatoms. The van der Waals surface area contributed by atoms with Gasteiger partial charge in [0, 0.05) is 16.3 Å². The molecule has 0 amide bonds. The molecule has 0 aliphatic heterocycles. The van der Waals surface area contributed by atoms with E-state index in [2.05, 4.69) is 71.7 Å². The fraction of sp³-hybridized carbons (Fsp3) is 0. The maximum absolute atomic E-state index is 14.5. The lowest BCUT2D eigenvalue weighted by molar-refractivity contribution is 0.633. The second-order valence-electron chi connectivity index (χ2n) is 7.42. The van der Waals surface area contributed by atoms with Crippen molar-refractivity contribution in [3.05, 3.63) is 138 Å². The summed E-state index contributed by atoms with van der Waals surface area (Å²) in [6.07, 6.45) is 2.20. The van der Waals surface area contributed by atoms with E-state index in [9.17, 15) is 4.39 Å². The standard InChI is InChI=1S/C29H20FNS/c30-27-20-29(31-28-17-8-7-16-25(27)28)32-24-15-9-10-21(18-24)19-26(22-11-3-1-4-12-22)23-13-5-2-6-14-23/h1-20H. The number of benzene rings is 4. The third-order valence-electron chi connectivity index (χ3n) is 5.20. The molecule has 32 heavy (non-hydrogen) atoms. The van der Waals surface area contributed by atoms with Crippen LogP contribution >= 0.6 is 11.8 Å². The van der Waals surface area contributed by atoms with Gasteiger partial charge in [-0.3, -0.25) is 0 Å². The molecule has 0 fully saturated rings. The van der Waals surface area contributed by atoms with Crippen LogP contribution in [0.25, 0.3) is 22.6 Å². The lowest BCUT2D eigenvalue weighted by Crippen LogP contribution is -1.89. The number of halogens is 1. The van der Waals surface area contributed by atoms with Crippen LogP contribution in [0.1, 0.15) is 16.7 Å². The van der Waals surface area contributed by atoms with Crippen molar-refractivity contribution in [1.82, 2.24) is 4.98 Å². The number of rotatable bonds is 5. The van der Waals surface area contributed by atoms with Gasteiger partial charge in [0.1, 0.15) is 10.8 Å². The minimum Gasteiger partial charge on any atom is -0.241 e. The summed E-state index contributed by atoms with van der Waals surface area (Å²) in [4.78, 5) is 5.64. The third kappa shape index (κ3) is 4.48. The van der Waals surface area contributed by atoms with Crippen molar-refractivity contribution in [3.63, 3.8) is 0 Å². The number of fused-ring (bicyclic) bond motifs is 1. The maximum Gasteiger partial charge on any atom is 0.135 e. The average molecular weight is 434 g/mol. The third-order valence-corrected chi connectivity index (χ3v) is 6.11. The van der Waals surface area contributed by atoms with E-state index in [4.69, 9.17) is 0 Å². The zero-order valence-corrected chi connectivity index (χ0v) is 18.1. The van der Waals surface area contributed by atoms with E-state index < -0.39 is 0 Å². The van der Waals surface area contributed by atoms with E-state index >= 15 is 0 Å². The zero-order valence-electron chi connectivity index (χ0n) is 17.3. The molecule has 0 saturated carbocycles. The van der Waals surface area contributed by atoms with Gasteiger partial charge in [-0.1, -0.05) is 96.7 Å². The first-order chi connectivity index (χ1) is 15.8. The predicted octanol–water partition coefficient (Wildman–Crippen LogP) is 8.11. The number of aromatic nitrogens is 1. The van der Waals surface area contributed by atoms with E-state index in [0.29, 0.717) is 15.9 Å². The van der Waals surface area contributed by atoms with Gasteiger partial charge < -0.3 is 0 Å². The highest BCUT2D eigenvalue weighted by molar-refractivity contribution is 7.99. The van der Waals surface area contributed by atoms with Crippen LogP contribution in [-0.4, -0.2) is 4.98 Å². The van der Waals surface area contributed by atoms with Crippen LogP contribution in [0.3, 0.4) is 0 Å². The largest absolute Gasteiger partial charge is 0.241 e. The van der Waals surface area contributed by atoms with Crippen molar-refractivity contribution in [2.45, 2.75) is 9.92 Å². The Morgan fingerprint density at radius 1 is 0.688 bits per heavy atom. The molecule has 5 aromatic rings. The molecule has 0 saturated heterocycles. The Kier molecular flexibility index (Phi) is 5.82. The summed E-state index contributed by atoms with van der Waals surface area (Å²) < 4.78 is 14.5. The molecule has 1 heterocycles. The monoisotopic (exact) mass is 433 g/mol. The first kappa shape index (κ1) is 20.2. The molecule has 0 bridgehead atoms. The second kappa shape index (κ2) is 9.21. The number of hydrogen-bond acceptors (Lipinski definition) is 2. The van der Waals surface area contributed by atoms with E-state index in [1.54, 1.807) is 6.07 Å². The second-order valence-corrected chi connectivity index (χ2v) is 8.52. The van der Waals surface area contributed by atoms with E-state index in [-0.39, 0.29) is 5.82 Å². The molecule has 0 radical (unpaired) electrons. The van der Waals surface area contributed by atoms with Gasteiger partial charge in [-0.25, -0.2) is 9.37 Å². The molecular weight excluding hydrogens is 413 g/mol. The minimum absolute atomic E-state index is 0.246. The molecule has 0 aliphatic rings. The van der Waals surface area contributed by atoms with Crippen molar-refractivity contribution in [3.8, 4) is 0 Å². The van der Waals surface area contributed by atoms with Crippen molar-refractivity contribution in [2.75, 3.05) is 0 Å². The highest BCUT2D eigenvalue weighted by Gasteiger charge is 2.08. The number of pyridine rings is 1. The van der Waals surface area contributed by atoms with Gasteiger partial charge in [-0.15, -0.1) is 0 Å². The Hall–Kier alpha value is -3.69. The van der Waals surface area contributed by atoms with Crippen LogP contribution in [0, 0.1) is 5.82 Å². The molecule has 1 nitrogen and oxygen atoms in total. The lowest BCUT2D eigenvalue weighted by Gasteiger charge is -2.10. The van der Waals surface area contributed by atoms with Crippen LogP contribution < -0.4 is 0 Å². The van der Waals surface area contributed by atoms with Gasteiger partial charge in [-0.05, 0) is 52.6 Å². The first-order valence-corrected chi connectivity index (χ1v) is 11.2. The number of nitrogens with zero attached hydrogens (tertiary/aromatic N) is 1. The molecule has 0 unspecified atom stereocenters. The zero-order chi connectivity index (χ0) is 21.8. The Balaban J connectivity index is 1.51. The van der Waals surface area contributed by atoms with Crippen molar-refractivity contribution in [2.24, 2.45) is 0 Å².